The van der Waals surface area contributed by atoms with Crippen LogP contribution in [0, 0.1) is 17.2 Å². The monoisotopic (exact) mass is 288 g/mol. The maximum atomic E-state index is 10.1. The first-order valence-electron chi connectivity index (χ1n) is 7.74. The largest absolute Gasteiger partial charge is 0.491 e. The van der Waals surface area contributed by atoms with Crippen molar-refractivity contribution in [3.05, 3.63) is 29.8 Å². The molecule has 0 aromatic heterocycles. The molecular weight excluding hydrogens is 264 g/mol. The van der Waals surface area contributed by atoms with Gasteiger partial charge >= 0.3 is 0 Å². The van der Waals surface area contributed by atoms with E-state index in [0.29, 0.717) is 17.9 Å². The van der Waals surface area contributed by atoms with E-state index < -0.39 is 6.10 Å². The molecule has 0 heterocycles. The molecule has 2 rings (SSSR count). The van der Waals surface area contributed by atoms with E-state index in [-0.39, 0.29) is 6.61 Å². The lowest BCUT2D eigenvalue weighted by Gasteiger charge is -2.32. The summed E-state index contributed by atoms with van der Waals surface area (Å²) in [7, 11) is 0. The van der Waals surface area contributed by atoms with Crippen LogP contribution >= 0.6 is 0 Å². The van der Waals surface area contributed by atoms with Gasteiger partial charge in [0.2, 0.25) is 0 Å². The van der Waals surface area contributed by atoms with Crippen molar-refractivity contribution >= 4 is 0 Å². The number of nitriles is 1. The first kappa shape index (κ1) is 15.8. The Bertz CT molecular complexity index is 463. The second kappa shape index (κ2) is 8.02. The Hall–Kier alpha value is -1.57. The molecule has 0 radical (unpaired) electrons. The number of nitrogens with zero attached hydrogens (tertiary/aromatic N) is 2. The van der Waals surface area contributed by atoms with Crippen LogP contribution in [0.3, 0.4) is 0 Å². The van der Waals surface area contributed by atoms with Gasteiger partial charge < -0.3 is 14.7 Å². The van der Waals surface area contributed by atoms with Gasteiger partial charge in [-0.3, -0.25) is 0 Å². The summed E-state index contributed by atoms with van der Waals surface area (Å²) in [6.45, 7) is 5.12. The predicted molar refractivity (Wildman–Crippen MR) is 82.1 cm³/mol. The minimum Gasteiger partial charge on any atom is -0.491 e. The third-order valence-electron chi connectivity index (χ3n) is 4.08. The van der Waals surface area contributed by atoms with Gasteiger partial charge in [-0.25, -0.2) is 0 Å². The SMILES string of the molecule is CCN(CC(O)COc1ccc(C#N)cc1)CC1CCC1. The van der Waals surface area contributed by atoms with Crippen LogP contribution in [-0.4, -0.2) is 42.4 Å². The van der Waals surface area contributed by atoms with E-state index in [2.05, 4.69) is 17.9 Å². The molecule has 1 atom stereocenters. The average molecular weight is 288 g/mol. The minimum absolute atomic E-state index is 0.285. The van der Waals surface area contributed by atoms with Crippen LogP contribution in [0.4, 0.5) is 0 Å². The Kier molecular flexibility index (Phi) is 6.04. The van der Waals surface area contributed by atoms with Gasteiger partial charge in [0, 0.05) is 13.1 Å². The second-order valence-electron chi connectivity index (χ2n) is 5.75. The lowest BCUT2D eigenvalue weighted by molar-refractivity contribution is 0.0585. The highest BCUT2D eigenvalue weighted by Gasteiger charge is 2.21. The second-order valence-corrected chi connectivity index (χ2v) is 5.75. The van der Waals surface area contributed by atoms with Crippen molar-refractivity contribution in [3.63, 3.8) is 0 Å². The van der Waals surface area contributed by atoms with Gasteiger partial charge in [-0.1, -0.05) is 13.3 Å². The number of rotatable bonds is 8. The number of aliphatic hydroxyl groups is 1. The van der Waals surface area contributed by atoms with Crippen LogP contribution < -0.4 is 4.74 Å². The normalized spacial score (nSPS) is 16.3. The molecule has 0 aliphatic heterocycles. The van der Waals surface area contributed by atoms with Crippen LogP contribution in [0.2, 0.25) is 0 Å². The molecular formula is C17H24N2O2. The van der Waals surface area contributed by atoms with E-state index >= 15 is 0 Å². The Morgan fingerprint density at radius 2 is 2.10 bits per heavy atom. The standard InChI is InChI=1S/C17H24N2O2/c1-2-19(11-15-4-3-5-15)12-16(20)13-21-17-8-6-14(10-18)7-9-17/h6-9,15-16,20H,2-5,11-13H2,1H3. The van der Waals surface area contributed by atoms with E-state index in [4.69, 9.17) is 10.00 Å². The molecule has 1 aliphatic rings. The summed E-state index contributed by atoms with van der Waals surface area (Å²) in [6, 6.07) is 9.03. The smallest absolute Gasteiger partial charge is 0.119 e. The molecule has 0 saturated heterocycles. The van der Waals surface area contributed by atoms with Crippen molar-refractivity contribution in [2.75, 3.05) is 26.2 Å². The summed E-state index contributed by atoms with van der Waals surface area (Å²) < 4.78 is 5.57. The Balaban J connectivity index is 1.72. The molecule has 1 N–H and O–H groups in total. The van der Waals surface area contributed by atoms with E-state index in [9.17, 15) is 5.11 Å². The lowest BCUT2D eigenvalue weighted by atomic mass is 9.85. The van der Waals surface area contributed by atoms with Crippen LogP contribution in [0.1, 0.15) is 31.7 Å². The number of ether oxygens (including phenoxy) is 1. The highest BCUT2D eigenvalue weighted by molar-refractivity contribution is 5.34. The molecule has 114 valence electrons. The zero-order chi connectivity index (χ0) is 15.1. The van der Waals surface area contributed by atoms with Crippen molar-refractivity contribution in [2.45, 2.75) is 32.3 Å². The zero-order valence-electron chi connectivity index (χ0n) is 12.7. The quantitative estimate of drug-likeness (QED) is 0.798. The fourth-order valence-electron chi connectivity index (χ4n) is 2.54. The van der Waals surface area contributed by atoms with Gasteiger partial charge in [-0.05, 0) is 49.6 Å². The summed E-state index contributed by atoms with van der Waals surface area (Å²) in [6.07, 6.45) is 3.52. The van der Waals surface area contributed by atoms with Gasteiger partial charge in [-0.15, -0.1) is 0 Å². The van der Waals surface area contributed by atoms with Gasteiger partial charge in [0.05, 0.1) is 11.6 Å². The molecule has 0 spiro atoms. The van der Waals surface area contributed by atoms with Gasteiger partial charge in [0.1, 0.15) is 18.5 Å². The maximum absolute atomic E-state index is 10.1. The fourth-order valence-corrected chi connectivity index (χ4v) is 2.54. The predicted octanol–water partition coefficient (Wildman–Crippen LogP) is 2.42. The summed E-state index contributed by atoms with van der Waals surface area (Å²) in [5.74, 6) is 1.51. The molecule has 1 saturated carbocycles. The Morgan fingerprint density at radius 3 is 2.62 bits per heavy atom. The first-order chi connectivity index (χ1) is 10.2. The molecule has 0 amide bonds. The molecule has 1 aromatic carbocycles. The number of hydrogen-bond donors (Lipinski definition) is 1. The summed E-state index contributed by atoms with van der Waals surface area (Å²) in [5.41, 5.74) is 0.612. The Morgan fingerprint density at radius 1 is 1.38 bits per heavy atom. The van der Waals surface area contributed by atoms with E-state index in [0.717, 1.165) is 19.0 Å². The van der Waals surface area contributed by atoms with Crippen LogP contribution in [0.15, 0.2) is 24.3 Å². The van der Waals surface area contributed by atoms with Crippen molar-refractivity contribution < 1.29 is 9.84 Å². The molecule has 4 nitrogen and oxygen atoms in total. The van der Waals surface area contributed by atoms with E-state index in [1.165, 1.54) is 19.3 Å². The van der Waals surface area contributed by atoms with E-state index in [1.807, 2.05) is 0 Å². The van der Waals surface area contributed by atoms with Crippen molar-refractivity contribution in [1.82, 2.24) is 4.90 Å². The van der Waals surface area contributed by atoms with Gasteiger partial charge in [0.15, 0.2) is 0 Å². The van der Waals surface area contributed by atoms with Gasteiger partial charge in [-0.2, -0.15) is 5.26 Å². The lowest BCUT2D eigenvalue weighted by Crippen LogP contribution is -2.39. The number of likely N-dealkylation sites (N-methyl/N-ethyl adjacent to an activating group) is 1. The van der Waals surface area contributed by atoms with Crippen molar-refractivity contribution in [3.8, 4) is 11.8 Å². The van der Waals surface area contributed by atoms with E-state index in [1.54, 1.807) is 24.3 Å². The summed E-state index contributed by atoms with van der Waals surface area (Å²) in [4.78, 5) is 2.30. The molecule has 1 unspecified atom stereocenters. The van der Waals surface area contributed by atoms with Crippen molar-refractivity contribution in [2.24, 2.45) is 5.92 Å². The summed E-state index contributed by atoms with van der Waals surface area (Å²) >= 11 is 0. The molecule has 1 aromatic rings. The highest BCUT2D eigenvalue weighted by Crippen LogP contribution is 2.27. The molecule has 21 heavy (non-hydrogen) atoms. The number of hydrogen-bond acceptors (Lipinski definition) is 4. The number of aliphatic hydroxyl groups excluding tert-OH is 1. The van der Waals surface area contributed by atoms with Gasteiger partial charge in [0.25, 0.3) is 0 Å². The average Bonchev–Trinajstić information content (AvgIpc) is 2.48. The van der Waals surface area contributed by atoms with Crippen LogP contribution in [0.25, 0.3) is 0 Å². The van der Waals surface area contributed by atoms with Crippen molar-refractivity contribution in [1.29, 1.82) is 5.26 Å². The fraction of sp³-hybridized carbons (Fsp3) is 0.588. The molecule has 1 aliphatic carbocycles. The summed E-state index contributed by atoms with van der Waals surface area (Å²) in [5, 5.41) is 18.8. The molecule has 1 fully saturated rings. The first-order valence-corrected chi connectivity index (χ1v) is 7.74. The third kappa shape index (κ3) is 5.04. The topological polar surface area (TPSA) is 56.5 Å². The maximum Gasteiger partial charge on any atom is 0.119 e. The van der Waals surface area contributed by atoms with Crippen LogP contribution in [0.5, 0.6) is 5.75 Å². The zero-order valence-corrected chi connectivity index (χ0v) is 12.7. The molecule has 4 heteroatoms. The third-order valence-corrected chi connectivity index (χ3v) is 4.08. The Labute approximate surface area is 127 Å². The van der Waals surface area contributed by atoms with Crippen LogP contribution in [-0.2, 0) is 0 Å². The minimum atomic E-state index is -0.485. The highest BCUT2D eigenvalue weighted by atomic mass is 16.5. The number of benzene rings is 1. The molecule has 0 bridgehead atoms.